The number of rotatable bonds is 34. The minimum atomic E-state index is -1.60. The van der Waals surface area contributed by atoms with Crippen LogP contribution in [0.4, 0.5) is 0 Å². The number of nitrogens with one attached hydrogen (secondary N) is 7. The van der Waals surface area contributed by atoms with E-state index in [1.807, 2.05) is 13.8 Å². The van der Waals surface area contributed by atoms with Crippen molar-refractivity contribution in [2.24, 2.45) is 28.1 Å². The van der Waals surface area contributed by atoms with Crippen LogP contribution >= 0.6 is 11.8 Å². The molecule has 29 heteroatoms. The van der Waals surface area contributed by atoms with Crippen LogP contribution in [0.1, 0.15) is 96.1 Å². The molecule has 0 saturated carbocycles. The van der Waals surface area contributed by atoms with Crippen molar-refractivity contribution in [3.63, 3.8) is 0 Å². The van der Waals surface area contributed by atoms with Crippen LogP contribution < -0.4 is 54.4 Å². The van der Waals surface area contributed by atoms with Gasteiger partial charge in [-0.25, -0.2) is 4.79 Å². The van der Waals surface area contributed by atoms with E-state index in [9.17, 15) is 73.2 Å². The molecule has 2 saturated heterocycles. The van der Waals surface area contributed by atoms with Crippen molar-refractivity contribution < 1.29 is 73.2 Å². The molecule has 2 fully saturated rings. The van der Waals surface area contributed by atoms with Crippen LogP contribution in [0, 0.1) is 5.92 Å². The molecule has 0 aliphatic carbocycles. The first-order chi connectivity index (χ1) is 40.3. The van der Waals surface area contributed by atoms with Gasteiger partial charge < -0.3 is 84.6 Å². The van der Waals surface area contributed by atoms with Crippen LogP contribution in [0.3, 0.4) is 0 Å². The lowest BCUT2D eigenvalue weighted by molar-refractivity contribution is -0.145. The zero-order valence-corrected chi connectivity index (χ0v) is 49.1. The second kappa shape index (κ2) is 34.7. The average Bonchev–Trinajstić information content (AvgIpc) is 4.26. The van der Waals surface area contributed by atoms with E-state index in [0.29, 0.717) is 29.7 Å². The molecule has 2 aliphatic heterocycles. The summed E-state index contributed by atoms with van der Waals surface area (Å²) in [5, 5.41) is 57.3. The van der Waals surface area contributed by atoms with Gasteiger partial charge in [-0.1, -0.05) is 56.3 Å². The van der Waals surface area contributed by atoms with Crippen molar-refractivity contribution >= 4 is 82.8 Å². The van der Waals surface area contributed by atoms with Gasteiger partial charge in [-0.2, -0.15) is 11.8 Å². The quantitative estimate of drug-likeness (QED) is 0.0199. The number of hydrogen-bond donors (Lipinski definition) is 14. The standard InChI is InChI=1S/C56H83N13O15S/c1-31(2)27-40(48(76)61-32(3)46(74)64-39(55(83)84)13-8-23-60-56(58)59)66-52(80)44-15-10-25-69(44)54(82)38(22-26-85-4)63-51(79)43-14-9-24-68(43)53(81)37(20-21-45(72)73)62-49(77)41(29-33-11-6-5-7-12-33)65-50(78)42(30-70)67-47(75)36(57)28-34-16-18-35(71)19-17-34/h5-7,11-12,16-19,31-32,36-44,70-71H,8-10,13-15,20-30,57H2,1-4H3,(H,61,76)(H,62,77)(H,63,79)(H,64,74)(H,65,78)(H,66,80)(H,67,75)(H,72,73)(H,83,84)(H4,58,59,60)/t32-,36+,37+,38+,39+,40+,41+,42+,43+,44+/m1/s1. The summed E-state index contributed by atoms with van der Waals surface area (Å²) in [7, 11) is 0. The molecule has 2 aromatic carbocycles. The van der Waals surface area contributed by atoms with Crippen molar-refractivity contribution in [2.75, 3.05) is 38.2 Å². The van der Waals surface area contributed by atoms with Crippen LogP contribution in [-0.2, 0) is 65.6 Å². The number of aliphatic imine (C=N–C) groups is 1. The predicted molar refractivity (Wildman–Crippen MR) is 313 cm³/mol. The van der Waals surface area contributed by atoms with Crippen molar-refractivity contribution in [1.29, 1.82) is 0 Å². The third-order valence-electron chi connectivity index (χ3n) is 14.3. The number of amides is 9. The molecule has 0 aromatic heterocycles. The Bertz CT molecular complexity index is 2670. The number of carboxylic acid groups (broad SMARTS) is 2. The van der Waals surface area contributed by atoms with Gasteiger partial charge in [-0.3, -0.25) is 52.9 Å². The number of carboxylic acids is 2. The first-order valence-corrected chi connectivity index (χ1v) is 29.6. The number of phenolic OH excluding ortho intramolecular Hbond substituents is 1. The fourth-order valence-corrected chi connectivity index (χ4v) is 10.2. The molecule has 9 amide bonds. The normalized spacial score (nSPS) is 17.5. The van der Waals surface area contributed by atoms with Gasteiger partial charge in [-0.15, -0.1) is 0 Å². The largest absolute Gasteiger partial charge is 0.508 e. The zero-order chi connectivity index (χ0) is 62.9. The maximum Gasteiger partial charge on any atom is 0.326 e. The third kappa shape index (κ3) is 22.5. The molecule has 17 N–H and O–H groups in total. The Morgan fingerprint density at radius 2 is 1.14 bits per heavy atom. The number of phenols is 1. The Hall–Kier alpha value is -8.05. The van der Waals surface area contributed by atoms with E-state index in [0.717, 1.165) is 0 Å². The molecule has 2 aromatic rings. The maximum atomic E-state index is 14.6. The molecular weight excluding hydrogens is 1130 g/mol. The number of benzene rings is 2. The third-order valence-corrected chi connectivity index (χ3v) is 14.9. The van der Waals surface area contributed by atoms with Gasteiger partial charge in [0.25, 0.3) is 0 Å². The Morgan fingerprint density at radius 1 is 0.624 bits per heavy atom. The minimum absolute atomic E-state index is 0.0000224. The molecule has 2 aliphatic rings. The first-order valence-electron chi connectivity index (χ1n) is 28.2. The lowest BCUT2D eigenvalue weighted by Crippen LogP contribution is -2.60. The SMILES string of the molecule is CSCC[C@H](NC(=O)[C@@H]1CCCN1C(=O)[C@H](CCC(=O)O)NC(=O)[C@H](Cc1ccccc1)NC(=O)[C@H](CO)NC(=O)[C@@H](N)Cc1ccc(O)cc1)C(=O)N1CCC[C@H]1C(=O)N[C@@H](CC(C)C)C(=O)N[C@H](C)C(=O)N[C@@H](CCCN=C(N)N)C(=O)O. The van der Waals surface area contributed by atoms with Crippen LogP contribution in [0.25, 0.3) is 0 Å². The van der Waals surface area contributed by atoms with Crippen molar-refractivity contribution in [3.8, 4) is 5.75 Å². The summed E-state index contributed by atoms with van der Waals surface area (Å²) in [6, 6.07) is 1.35. The zero-order valence-electron chi connectivity index (χ0n) is 48.3. The van der Waals surface area contributed by atoms with E-state index in [-0.39, 0.29) is 88.6 Å². The second-order valence-electron chi connectivity index (χ2n) is 21.5. The van der Waals surface area contributed by atoms with E-state index in [2.05, 4.69) is 42.2 Å². The number of likely N-dealkylation sites (tertiary alicyclic amines) is 2. The first kappa shape index (κ1) is 69.4. The monoisotopic (exact) mass is 1210 g/mol. The van der Waals surface area contributed by atoms with Crippen LogP contribution in [0.15, 0.2) is 59.6 Å². The highest BCUT2D eigenvalue weighted by atomic mass is 32.2. The molecule has 0 bridgehead atoms. The van der Waals surface area contributed by atoms with E-state index < -0.39 is 145 Å². The van der Waals surface area contributed by atoms with Gasteiger partial charge in [0.2, 0.25) is 53.2 Å². The second-order valence-corrected chi connectivity index (χ2v) is 22.4. The van der Waals surface area contributed by atoms with E-state index in [4.69, 9.17) is 17.2 Å². The van der Waals surface area contributed by atoms with Crippen molar-refractivity contribution in [3.05, 3.63) is 65.7 Å². The summed E-state index contributed by atoms with van der Waals surface area (Å²) in [6.45, 7) is 4.32. The molecule has 0 radical (unpaired) electrons. The number of nitrogens with zero attached hydrogens (tertiary/aromatic N) is 3. The fraction of sp³-hybridized carbons (Fsp3) is 0.571. The maximum absolute atomic E-state index is 14.6. The highest BCUT2D eigenvalue weighted by molar-refractivity contribution is 7.98. The highest BCUT2D eigenvalue weighted by Gasteiger charge is 2.43. The minimum Gasteiger partial charge on any atom is -0.508 e. The number of hydrogen-bond acceptors (Lipinski definition) is 16. The average molecular weight is 1210 g/mol. The van der Waals surface area contributed by atoms with E-state index >= 15 is 0 Å². The highest BCUT2D eigenvalue weighted by Crippen LogP contribution is 2.24. The molecule has 4 rings (SSSR count). The van der Waals surface area contributed by atoms with Crippen LogP contribution in [0.2, 0.25) is 0 Å². The van der Waals surface area contributed by atoms with Gasteiger partial charge in [0.15, 0.2) is 5.96 Å². The number of aromatic hydroxyl groups is 1. The van der Waals surface area contributed by atoms with Gasteiger partial charge in [0.1, 0.15) is 60.1 Å². The molecular formula is C56H83N13O15S. The summed E-state index contributed by atoms with van der Waals surface area (Å²) in [6.07, 6.45) is 2.07. The number of aliphatic hydroxyl groups is 1. The summed E-state index contributed by atoms with van der Waals surface area (Å²) >= 11 is 1.39. The van der Waals surface area contributed by atoms with Crippen molar-refractivity contribution in [2.45, 2.75) is 158 Å². The summed E-state index contributed by atoms with van der Waals surface area (Å²) < 4.78 is 0. The Balaban J connectivity index is 1.48. The molecule has 85 heavy (non-hydrogen) atoms. The van der Waals surface area contributed by atoms with Gasteiger partial charge in [0.05, 0.1) is 12.6 Å². The van der Waals surface area contributed by atoms with Gasteiger partial charge in [-0.05, 0) is 112 Å². The molecule has 28 nitrogen and oxygen atoms in total. The molecule has 2 heterocycles. The summed E-state index contributed by atoms with van der Waals surface area (Å²) in [5.74, 6) is -9.63. The topological polar surface area (TPSA) is 450 Å². The molecule has 468 valence electrons. The summed E-state index contributed by atoms with van der Waals surface area (Å²) in [4.78, 5) is 156. The smallest absolute Gasteiger partial charge is 0.326 e. The lowest BCUT2D eigenvalue weighted by Gasteiger charge is -2.32. The number of nitrogens with two attached hydrogens (primary N) is 3. The number of guanidine groups is 1. The van der Waals surface area contributed by atoms with Crippen LogP contribution in [0.5, 0.6) is 5.75 Å². The number of carbonyl (C=O) groups is 11. The number of thioether (sulfide) groups is 1. The summed E-state index contributed by atoms with van der Waals surface area (Å²) in [5.41, 5.74) is 17.9. The molecule has 10 atom stereocenters. The Labute approximate surface area is 497 Å². The predicted octanol–water partition coefficient (Wildman–Crippen LogP) is -2.31. The lowest BCUT2D eigenvalue weighted by atomic mass is 10.0. The number of aliphatic carboxylic acids is 2. The molecule has 0 spiro atoms. The van der Waals surface area contributed by atoms with Crippen molar-refractivity contribution in [1.82, 2.24) is 47.0 Å². The Morgan fingerprint density at radius 3 is 1.68 bits per heavy atom. The van der Waals surface area contributed by atoms with E-state index in [1.165, 1.54) is 40.6 Å². The Kier molecular flexibility index (Phi) is 28.3. The van der Waals surface area contributed by atoms with E-state index in [1.54, 1.807) is 48.7 Å². The molecule has 0 unspecified atom stereocenters. The number of aliphatic hydroxyl groups excluding tert-OH is 1. The number of carbonyl (C=O) groups excluding carboxylic acids is 9. The fourth-order valence-electron chi connectivity index (χ4n) is 9.76. The van der Waals surface area contributed by atoms with Gasteiger partial charge in [0, 0.05) is 32.5 Å². The van der Waals surface area contributed by atoms with Gasteiger partial charge >= 0.3 is 11.9 Å². The van der Waals surface area contributed by atoms with Crippen LogP contribution in [-0.4, -0.2) is 200 Å².